The van der Waals surface area contributed by atoms with Crippen molar-refractivity contribution in [1.29, 1.82) is 0 Å². The van der Waals surface area contributed by atoms with Gasteiger partial charge in [0, 0.05) is 18.2 Å². The monoisotopic (exact) mass is 311 g/mol. The maximum atomic E-state index is 13.3. The molecule has 2 rings (SSSR count). The Bertz CT molecular complexity index is 622. The van der Waals surface area contributed by atoms with Gasteiger partial charge >= 0.3 is 11.8 Å². The number of nitrogens with zero attached hydrogens (tertiary/aromatic N) is 2. The van der Waals surface area contributed by atoms with E-state index in [9.17, 15) is 24.1 Å². The Kier molecular flexibility index (Phi) is 4.54. The number of piperidine rings is 1. The SMILES string of the molecule is NC(=O)OC1CCCN(C(=O)c2ccc(F)c([N+](=O)[O-])c2)C1. The predicted molar refractivity (Wildman–Crippen MR) is 72.6 cm³/mol. The number of primary amides is 1. The van der Waals surface area contributed by atoms with Crippen LogP contribution in [-0.4, -0.2) is 41.0 Å². The van der Waals surface area contributed by atoms with Gasteiger partial charge in [0.15, 0.2) is 0 Å². The molecular weight excluding hydrogens is 297 g/mol. The van der Waals surface area contributed by atoms with Gasteiger partial charge in [0.1, 0.15) is 6.10 Å². The van der Waals surface area contributed by atoms with E-state index in [0.717, 1.165) is 12.1 Å². The summed E-state index contributed by atoms with van der Waals surface area (Å²) in [6.07, 6.45) is -0.245. The van der Waals surface area contributed by atoms with Crippen molar-refractivity contribution in [3.63, 3.8) is 0 Å². The third-order valence-corrected chi connectivity index (χ3v) is 3.34. The van der Waals surface area contributed by atoms with Crippen LogP contribution >= 0.6 is 0 Å². The van der Waals surface area contributed by atoms with Crippen molar-refractivity contribution in [2.24, 2.45) is 5.73 Å². The number of ether oxygens (including phenoxy) is 1. The van der Waals surface area contributed by atoms with Crippen LogP contribution in [-0.2, 0) is 4.74 Å². The van der Waals surface area contributed by atoms with Gasteiger partial charge in [-0.2, -0.15) is 4.39 Å². The van der Waals surface area contributed by atoms with Gasteiger partial charge < -0.3 is 15.4 Å². The summed E-state index contributed by atoms with van der Waals surface area (Å²) in [5, 5.41) is 10.7. The first kappa shape index (κ1) is 15.7. The average molecular weight is 311 g/mol. The van der Waals surface area contributed by atoms with E-state index >= 15 is 0 Å². The summed E-state index contributed by atoms with van der Waals surface area (Å²) in [6, 6.07) is 2.96. The molecule has 1 aliphatic rings. The molecule has 1 fully saturated rings. The van der Waals surface area contributed by atoms with E-state index in [1.54, 1.807) is 0 Å². The fraction of sp³-hybridized carbons (Fsp3) is 0.385. The predicted octanol–water partition coefficient (Wildman–Crippen LogP) is 1.43. The van der Waals surface area contributed by atoms with Crippen LogP contribution in [0.2, 0.25) is 0 Å². The molecule has 8 nitrogen and oxygen atoms in total. The Morgan fingerprint density at radius 1 is 1.45 bits per heavy atom. The molecular formula is C13H14FN3O5. The van der Waals surface area contributed by atoms with Crippen molar-refractivity contribution in [3.05, 3.63) is 39.7 Å². The number of carbonyl (C=O) groups excluding carboxylic acids is 2. The summed E-state index contributed by atoms with van der Waals surface area (Å²) in [5.41, 5.74) is 4.20. The molecule has 1 aromatic rings. The number of hydrogen-bond acceptors (Lipinski definition) is 5. The highest BCUT2D eigenvalue weighted by Crippen LogP contribution is 2.21. The minimum Gasteiger partial charge on any atom is -0.445 e. The van der Waals surface area contributed by atoms with Gasteiger partial charge in [-0.05, 0) is 25.0 Å². The number of nitro benzene ring substituents is 1. The van der Waals surface area contributed by atoms with E-state index in [1.807, 2.05) is 0 Å². The second-order valence-electron chi connectivity index (χ2n) is 4.88. The number of nitrogens with two attached hydrogens (primary N) is 1. The van der Waals surface area contributed by atoms with Crippen LogP contribution in [0.25, 0.3) is 0 Å². The highest BCUT2D eigenvalue weighted by Gasteiger charge is 2.27. The Morgan fingerprint density at radius 2 is 2.18 bits per heavy atom. The Balaban J connectivity index is 2.15. The molecule has 1 unspecified atom stereocenters. The molecule has 0 radical (unpaired) electrons. The molecule has 1 aliphatic heterocycles. The number of hydrogen-bond donors (Lipinski definition) is 1. The maximum Gasteiger partial charge on any atom is 0.404 e. The lowest BCUT2D eigenvalue weighted by atomic mass is 10.1. The number of likely N-dealkylation sites (tertiary alicyclic amines) is 1. The molecule has 2 N–H and O–H groups in total. The summed E-state index contributed by atoms with van der Waals surface area (Å²) in [7, 11) is 0. The van der Waals surface area contributed by atoms with Crippen molar-refractivity contribution in [1.82, 2.24) is 4.90 Å². The molecule has 1 atom stereocenters. The molecule has 1 heterocycles. The quantitative estimate of drug-likeness (QED) is 0.669. The summed E-state index contributed by atoms with van der Waals surface area (Å²) >= 11 is 0. The lowest BCUT2D eigenvalue weighted by molar-refractivity contribution is -0.387. The van der Waals surface area contributed by atoms with E-state index in [-0.39, 0.29) is 12.1 Å². The number of amides is 2. The second kappa shape index (κ2) is 6.37. The fourth-order valence-electron chi connectivity index (χ4n) is 2.35. The van der Waals surface area contributed by atoms with Crippen molar-refractivity contribution in [2.45, 2.75) is 18.9 Å². The number of halogens is 1. The van der Waals surface area contributed by atoms with Gasteiger partial charge in [0.05, 0.1) is 11.5 Å². The highest BCUT2D eigenvalue weighted by molar-refractivity contribution is 5.95. The lowest BCUT2D eigenvalue weighted by Crippen LogP contribution is -2.44. The summed E-state index contributed by atoms with van der Waals surface area (Å²) in [4.78, 5) is 34.3. The molecule has 22 heavy (non-hydrogen) atoms. The standard InChI is InChI=1S/C13H14FN3O5/c14-10-4-3-8(6-11(10)17(20)21)12(18)16-5-1-2-9(7-16)22-13(15)19/h3-4,6,9H,1-2,5,7H2,(H2,15,19). The van der Waals surface area contributed by atoms with Gasteiger partial charge in [-0.25, -0.2) is 4.79 Å². The average Bonchev–Trinajstić information content (AvgIpc) is 2.46. The zero-order chi connectivity index (χ0) is 16.3. The molecule has 0 spiro atoms. The molecule has 0 saturated carbocycles. The minimum absolute atomic E-state index is 0.00725. The first-order chi connectivity index (χ1) is 10.4. The topological polar surface area (TPSA) is 116 Å². The van der Waals surface area contributed by atoms with Crippen molar-refractivity contribution in [3.8, 4) is 0 Å². The van der Waals surface area contributed by atoms with Gasteiger partial charge in [-0.1, -0.05) is 0 Å². The fourth-order valence-corrected chi connectivity index (χ4v) is 2.35. The zero-order valence-electron chi connectivity index (χ0n) is 11.5. The molecule has 2 amide bonds. The van der Waals surface area contributed by atoms with Crippen molar-refractivity contribution < 1.29 is 23.6 Å². The summed E-state index contributed by atoms with van der Waals surface area (Å²) in [5.74, 6) is -1.49. The van der Waals surface area contributed by atoms with Crippen LogP contribution in [0.3, 0.4) is 0 Å². The van der Waals surface area contributed by atoms with Crippen LogP contribution in [0.15, 0.2) is 18.2 Å². The minimum atomic E-state index is -1.00. The van der Waals surface area contributed by atoms with Crippen LogP contribution < -0.4 is 5.73 Å². The van der Waals surface area contributed by atoms with Crippen LogP contribution in [0.5, 0.6) is 0 Å². The van der Waals surface area contributed by atoms with E-state index in [4.69, 9.17) is 10.5 Å². The normalized spacial score (nSPS) is 17.9. The lowest BCUT2D eigenvalue weighted by Gasteiger charge is -2.32. The van der Waals surface area contributed by atoms with E-state index in [2.05, 4.69) is 0 Å². The number of carbonyl (C=O) groups is 2. The van der Waals surface area contributed by atoms with Crippen LogP contribution in [0, 0.1) is 15.9 Å². The third kappa shape index (κ3) is 3.48. The van der Waals surface area contributed by atoms with Crippen molar-refractivity contribution in [2.75, 3.05) is 13.1 Å². The maximum absolute atomic E-state index is 13.3. The third-order valence-electron chi connectivity index (χ3n) is 3.34. The number of nitro groups is 1. The molecule has 0 aromatic heterocycles. The number of benzene rings is 1. The molecule has 0 bridgehead atoms. The smallest absolute Gasteiger partial charge is 0.404 e. The van der Waals surface area contributed by atoms with Gasteiger partial charge in [0.25, 0.3) is 5.91 Å². The van der Waals surface area contributed by atoms with E-state index in [0.29, 0.717) is 19.4 Å². The van der Waals surface area contributed by atoms with Gasteiger partial charge in [-0.3, -0.25) is 14.9 Å². The molecule has 0 aliphatic carbocycles. The molecule has 118 valence electrons. The van der Waals surface area contributed by atoms with Crippen molar-refractivity contribution >= 4 is 17.7 Å². The van der Waals surface area contributed by atoms with E-state index in [1.165, 1.54) is 11.0 Å². The van der Waals surface area contributed by atoms with Crippen LogP contribution in [0.4, 0.5) is 14.9 Å². The first-order valence-corrected chi connectivity index (χ1v) is 6.58. The second-order valence-corrected chi connectivity index (χ2v) is 4.88. The largest absolute Gasteiger partial charge is 0.445 e. The zero-order valence-corrected chi connectivity index (χ0v) is 11.5. The Hall–Kier alpha value is -2.71. The highest BCUT2D eigenvalue weighted by atomic mass is 19.1. The van der Waals surface area contributed by atoms with Gasteiger partial charge in [-0.15, -0.1) is 0 Å². The molecule has 1 aromatic carbocycles. The Labute approximate surface area is 124 Å². The van der Waals surface area contributed by atoms with E-state index < -0.39 is 34.5 Å². The summed E-state index contributed by atoms with van der Waals surface area (Å²) in [6.45, 7) is 0.565. The van der Waals surface area contributed by atoms with Gasteiger partial charge in [0.2, 0.25) is 5.82 Å². The summed E-state index contributed by atoms with van der Waals surface area (Å²) < 4.78 is 18.2. The first-order valence-electron chi connectivity index (χ1n) is 6.58. The number of rotatable bonds is 3. The Morgan fingerprint density at radius 3 is 2.82 bits per heavy atom. The molecule has 9 heteroatoms. The van der Waals surface area contributed by atoms with Crippen LogP contribution in [0.1, 0.15) is 23.2 Å². The molecule has 1 saturated heterocycles.